The van der Waals surface area contributed by atoms with Crippen molar-refractivity contribution in [2.24, 2.45) is 5.92 Å². The second kappa shape index (κ2) is 11.5. The van der Waals surface area contributed by atoms with Crippen LogP contribution in [0.4, 0.5) is 17.1 Å². The fourth-order valence-electron chi connectivity index (χ4n) is 5.46. The average molecular weight is 654 g/mol. The third-order valence-electron chi connectivity index (χ3n) is 7.62. The number of halogens is 2. The van der Waals surface area contributed by atoms with Crippen LogP contribution in [0.25, 0.3) is 0 Å². The van der Waals surface area contributed by atoms with Crippen LogP contribution in [0.3, 0.4) is 0 Å². The third kappa shape index (κ3) is 5.37. The number of imide groups is 1. The summed E-state index contributed by atoms with van der Waals surface area (Å²) in [6, 6.07) is 19.8. The number of rotatable bonds is 6. The number of aromatic nitrogens is 1. The van der Waals surface area contributed by atoms with Gasteiger partial charge in [-0.2, -0.15) is 0 Å². The van der Waals surface area contributed by atoms with Gasteiger partial charge in [0, 0.05) is 36.3 Å². The molecule has 8 nitrogen and oxygen atoms in total. The van der Waals surface area contributed by atoms with E-state index in [1.165, 1.54) is 27.3 Å². The maximum Gasteiger partial charge on any atom is 0.308 e. The maximum absolute atomic E-state index is 14.0. The molecule has 0 bridgehead atoms. The Morgan fingerprint density at radius 3 is 2.28 bits per heavy atom. The van der Waals surface area contributed by atoms with Crippen molar-refractivity contribution in [1.29, 1.82) is 0 Å². The molecule has 2 aliphatic rings. The summed E-state index contributed by atoms with van der Waals surface area (Å²) in [6.45, 7) is 1.67. The highest BCUT2D eigenvalue weighted by Crippen LogP contribution is 2.54. The van der Waals surface area contributed by atoms with Crippen LogP contribution in [0, 0.1) is 12.8 Å². The number of thiazole rings is 1. The van der Waals surface area contributed by atoms with Crippen molar-refractivity contribution in [2.75, 3.05) is 29.2 Å². The number of fused-ring (bicyclic) bond motifs is 2. The van der Waals surface area contributed by atoms with E-state index in [1.807, 2.05) is 62.3 Å². The van der Waals surface area contributed by atoms with Crippen molar-refractivity contribution in [3.8, 4) is 0 Å². The number of amides is 3. The van der Waals surface area contributed by atoms with E-state index in [0.29, 0.717) is 26.3 Å². The number of carbonyl (C=O) groups excluding carboxylic acids is 3. The first-order valence-electron chi connectivity index (χ1n) is 13.4. The first-order valence-corrected chi connectivity index (χ1v) is 15.9. The van der Waals surface area contributed by atoms with Crippen LogP contribution >= 0.6 is 46.3 Å². The molecule has 0 unspecified atom stereocenters. The lowest BCUT2D eigenvalue weighted by atomic mass is 9.83. The quantitative estimate of drug-likeness (QED) is 0.256. The first kappa shape index (κ1) is 29.5. The number of aryl methyl sites for hydroxylation is 1. The summed E-state index contributed by atoms with van der Waals surface area (Å²) in [5.74, 6) is -2.33. The maximum atomic E-state index is 14.0. The van der Waals surface area contributed by atoms with Crippen molar-refractivity contribution in [3.63, 3.8) is 0 Å². The predicted octanol–water partition coefficient (Wildman–Crippen LogP) is 6.03. The summed E-state index contributed by atoms with van der Waals surface area (Å²) >= 11 is 14.3. The van der Waals surface area contributed by atoms with E-state index in [2.05, 4.69) is 5.32 Å². The summed E-state index contributed by atoms with van der Waals surface area (Å²) < 4.78 is 1.39. The highest BCUT2D eigenvalue weighted by Gasteiger charge is 2.56. The van der Waals surface area contributed by atoms with E-state index >= 15 is 0 Å². The Morgan fingerprint density at radius 2 is 1.63 bits per heavy atom. The number of hydrogen-bond donors (Lipinski definition) is 1. The van der Waals surface area contributed by atoms with Crippen LogP contribution in [-0.2, 0) is 20.9 Å². The Morgan fingerprint density at radius 1 is 0.930 bits per heavy atom. The van der Waals surface area contributed by atoms with E-state index in [-0.39, 0.29) is 28.3 Å². The zero-order valence-electron chi connectivity index (χ0n) is 23.3. The van der Waals surface area contributed by atoms with E-state index in [9.17, 15) is 19.2 Å². The SMILES string of the molecule is Cc1ccc(N2C(=O)[C@H]3[C@H](c4ccc(N(C)C)cc4)c4sc(=O)n(CC(=O)Nc5ccc(Cl)c(Cl)c5)c4S[C@H]3C2=O)cc1. The number of thioether (sulfide) groups is 1. The Balaban J connectivity index is 1.40. The fraction of sp³-hybridized carbons (Fsp3) is 0.226. The van der Waals surface area contributed by atoms with Crippen LogP contribution in [0.2, 0.25) is 10.0 Å². The van der Waals surface area contributed by atoms with Crippen LogP contribution in [0.1, 0.15) is 21.9 Å². The smallest absolute Gasteiger partial charge is 0.308 e. The molecular weight excluding hydrogens is 627 g/mol. The lowest BCUT2D eigenvalue weighted by molar-refractivity contribution is -0.122. The number of benzene rings is 3. The van der Waals surface area contributed by atoms with Gasteiger partial charge in [-0.05, 0) is 55.0 Å². The Kier molecular flexibility index (Phi) is 7.89. The van der Waals surface area contributed by atoms with Crippen molar-refractivity contribution < 1.29 is 14.4 Å². The number of nitrogens with zero attached hydrogens (tertiary/aromatic N) is 3. The Hall–Kier alpha value is -3.57. The summed E-state index contributed by atoms with van der Waals surface area (Å²) in [4.78, 5) is 58.0. The van der Waals surface area contributed by atoms with Crippen LogP contribution in [0.5, 0.6) is 0 Å². The average Bonchev–Trinajstić information content (AvgIpc) is 3.41. The molecule has 3 atom stereocenters. The van der Waals surface area contributed by atoms with Gasteiger partial charge in [0.2, 0.25) is 17.7 Å². The Labute approximate surface area is 266 Å². The normalized spacial score (nSPS) is 19.3. The minimum absolute atomic E-state index is 0.272. The molecule has 1 aromatic heterocycles. The van der Waals surface area contributed by atoms with Gasteiger partial charge in [-0.3, -0.25) is 23.7 Å². The van der Waals surface area contributed by atoms with E-state index in [4.69, 9.17) is 23.2 Å². The van der Waals surface area contributed by atoms with Crippen LogP contribution in [0.15, 0.2) is 76.6 Å². The molecule has 1 saturated heterocycles. The Bertz CT molecular complexity index is 1820. The number of nitrogens with one attached hydrogen (secondary N) is 1. The van der Waals surface area contributed by atoms with Crippen LogP contribution in [-0.4, -0.2) is 41.6 Å². The van der Waals surface area contributed by atoms with Gasteiger partial charge in [0.25, 0.3) is 0 Å². The monoisotopic (exact) mass is 652 g/mol. The lowest BCUT2D eigenvalue weighted by Crippen LogP contribution is -2.33. The molecule has 3 heterocycles. The lowest BCUT2D eigenvalue weighted by Gasteiger charge is -2.31. The zero-order valence-corrected chi connectivity index (χ0v) is 26.5. The molecule has 43 heavy (non-hydrogen) atoms. The molecule has 0 aliphatic carbocycles. The van der Waals surface area contributed by atoms with Gasteiger partial charge < -0.3 is 10.2 Å². The number of carbonyl (C=O) groups is 3. The minimum Gasteiger partial charge on any atom is -0.378 e. The second-order valence-electron chi connectivity index (χ2n) is 10.7. The molecule has 0 radical (unpaired) electrons. The molecule has 0 spiro atoms. The highest BCUT2D eigenvalue weighted by molar-refractivity contribution is 8.00. The summed E-state index contributed by atoms with van der Waals surface area (Å²) in [7, 11) is 3.88. The molecule has 1 N–H and O–H groups in total. The van der Waals surface area contributed by atoms with Crippen molar-refractivity contribution in [1.82, 2.24) is 4.57 Å². The van der Waals surface area contributed by atoms with Gasteiger partial charge in [-0.15, -0.1) is 0 Å². The van der Waals surface area contributed by atoms with Crippen molar-refractivity contribution in [2.45, 2.75) is 29.7 Å². The van der Waals surface area contributed by atoms with Gasteiger partial charge in [0.1, 0.15) is 11.8 Å². The van der Waals surface area contributed by atoms with Crippen molar-refractivity contribution >= 4 is 81.1 Å². The molecule has 3 aromatic carbocycles. The van der Waals surface area contributed by atoms with Crippen molar-refractivity contribution in [3.05, 3.63) is 102 Å². The molecule has 3 amide bonds. The molecule has 220 valence electrons. The molecule has 0 saturated carbocycles. The summed E-state index contributed by atoms with van der Waals surface area (Å²) in [6.07, 6.45) is 0. The van der Waals surface area contributed by atoms with Crippen LogP contribution < -0.4 is 20.0 Å². The molecular formula is C31H26Cl2N4O4S2. The number of anilines is 3. The molecule has 12 heteroatoms. The van der Waals surface area contributed by atoms with Gasteiger partial charge in [0.05, 0.1) is 26.7 Å². The topological polar surface area (TPSA) is 91.7 Å². The molecule has 4 aromatic rings. The first-order chi connectivity index (χ1) is 20.5. The van der Waals surface area contributed by atoms with Gasteiger partial charge in [0.15, 0.2) is 0 Å². The third-order valence-corrected chi connectivity index (χ3v) is 11.0. The molecule has 6 rings (SSSR count). The van der Waals surface area contributed by atoms with E-state index in [1.54, 1.807) is 24.3 Å². The predicted molar refractivity (Wildman–Crippen MR) is 173 cm³/mol. The summed E-state index contributed by atoms with van der Waals surface area (Å²) in [5, 5.41) is 3.16. The standard InChI is InChI=1S/C31H26Cl2N4O4S2/c1-16-4-9-20(10-5-16)37-28(39)25-24(17-6-11-19(12-7-17)35(2)3)27-30(42-26(25)29(37)40)36(31(41)43-27)15-23(38)34-18-8-13-21(32)22(33)14-18/h4-14,24-26H,15H2,1-3H3,(H,34,38)/t24-,25-,26+/m0/s1. The second-order valence-corrected chi connectivity index (χ2v) is 13.6. The van der Waals surface area contributed by atoms with E-state index in [0.717, 1.165) is 28.2 Å². The molecule has 1 fully saturated rings. The van der Waals surface area contributed by atoms with E-state index < -0.39 is 23.0 Å². The highest BCUT2D eigenvalue weighted by atomic mass is 35.5. The number of hydrogen-bond acceptors (Lipinski definition) is 7. The van der Waals surface area contributed by atoms with Gasteiger partial charge in [-0.1, -0.05) is 76.1 Å². The summed E-state index contributed by atoms with van der Waals surface area (Å²) in [5.41, 5.74) is 3.76. The fourth-order valence-corrected chi connectivity index (χ4v) is 8.53. The zero-order chi connectivity index (χ0) is 30.6. The van der Waals surface area contributed by atoms with Gasteiger partial charge >= 0.3 is 4.87 Å². The molecule has 2 aliphatic heterocycles. The minimum atomic E-state index is -0.766. The largest absolute Gasteiger partial charge is 0.378 e. The van der Waals surface area contributed by atoms with Gasteiger partial charge in [-0.25, -0.2) is 4.90 Å².